The average Bonchev–Trinajstić information content (AvgIpc) is 3.24. The third kappa shape index (κ3) is 7.32. The first kappa shape index (κ1) is 44.4. The summed E-state index contributed by atoms with van der Waals surface area (Å²) in [7, 11) is 0. The molecule has 3 aromatic rings. The van der Waals surface area contributed by atoms with Gasteiger partial charge in [0.15, 0.2) is 23.6 Å². The molecule has 3 fully saturated rings. The maximum absolute atomic E-state index is 15.5. The molecule has 3 aromatic carbocycles. The molecule has 1 aliphatic heterocycles. The maximum Gasteiger partial charge on any atom is 0.338 e. The van der Waals surface area contributed by atoms with Gasteiger partial charge in [0, 0.05) is 37.8 Å². The summed E-state index contributed by atoms with van der Waals surface area (Å²) in [6.07, 6.45) is -10.1. The number of hydrogen-bond acceptors (Lipinski definition) is 14. The fourth-order valence-electron chi connectivity index (χ4n) is 10.3. The second-order valence-electron chi connectivity index (χ2n) is 17.5. The molecule has 14 nitrogen and oxygen atoms in total. The van der Waals surface area contributed by atoms with Crippen LogP contribution >= 0.6 is 0 Å². The number of nitrogens with one attached hydrogen (secondary N) is 1. The minimum absolute atomic E-state index is 0.0371. The van der Waals surface area contributed by atoms with Crippen LogP contribution in [0.15, 0.2) is 109 Å². The molecule has 1 saturated heterocycles. The van der Waals surface area contributed by atoms with E-state index in [-0.39, 0.29) is 29.7 Å². The first-order valence-corrected chi connectivity index (χ1v) is 20.6. The number of ketones is 1. The van der Waals surface area contributed by atoms with Gasteiger partial charge in [0.1, 0.15) is 23.9 Å². The Morgan fingerprint density at radius 3 is 1.98 bits per heavy atom. The number of esters is 4. The molecular formula is C48H53NO13. The maximum atomic E-state index is 15.5. The minimum atomic E-state index is -2.35. The number of rotatable bonds is 11. The largest absolute Gasteiger partial charge is 0.456 e. The summed E-state index contributed by atoms with van der Waals surface area (Å²) in [6.45, 7) is 12.3. The molecule has 14 heteroatoms. The van der Waals surface area contributed by atoms with E-state index in [1.165, 1.54) is 26.0 Å². The van der Waals surface area contributed by atoms with E-state index < -0.39 is 107 Å². The van der Waals surface area contributed by atoms with Crippen molar-refractivity contribution in [2.45, 2.75) is 108 Å². The number of aliphatic hydroxyl groups is 3. The van der Waals surface area contributed by atoms with Crippen molar-refractivity contribution in [3.63, 3.8) is 0 Å². The van der Waals surface area contributed by atoms with Crippen LogP contribution in [0.25, 0.3) is 5.70 Å². The summed E-state index contributed by atoms with van der Waals surface area (Å²) in [6, 6.07) is 24.6. The number of fused-ring (bicyclic) bond motifs is 5. The Balaban J connectivity index is 1.39. The zero-order chi connectivity index (χ0) is 44.9. The third-order valence-electron chi connectivity index (χ3n) is 13.6. The van der Waals surface area contributed by atoms with Gasteiger partial charge < -0.3 is 44.3 Å². The summed E-state index contributed by atoms with van der Waals surface area (Å²) in [5.74, 6) is -6.02. The lowest BCUT2D eigenvalue weighted by atomic mass is 9.44. The molecule has 4 aliphatic rings. The number of benzene rings is 3. The number of carbonyl (C=O) groups is 5. The highest BCUT2D eigenvalue weighted by Gasteiger charge is 2.78. The first-order chi connectivity index (χ1) is 29.3. The number of carbonyl (C=O) groups excluding carboxylic acids is 5. The summed E-state index contributed by atoms with van der Waals surface area (Å²) in [5.41, 5.74) is -5.78. The average molecular weight is 852 g/mol. The molecule has 11 atom stereocenters. The van der Waals surface area contributed by atoms with Crippen molar-refractivity contribution in [2.24, 2.45) is 16.7 Å². The summed E-state index contributed by atoms with van der Waals surface area (Å²) < 4.78 is 30.4. The lowest BCUT2D eigenvalue weighted by Crippen LogP contribution is -2.82. The van der Waals surface area contributed by atoms with Gasteiger partial charge in [-0.2, -0.15) is 0 Å². The zero-order valence-corrected chi connectivity index (χ0v) is 35.5. The van der Waals surface area contributed by atoms with Crippen molar-refractivity contribution in [1.29, 1.82) is 0 Å². The van der Waals surface area contributed by atoms with Crippen LogP contribution in [0, 0.1) is 16.7 Å². The molecule has 2 saturated carbocycles. The predicted octanol–water partition coefficient (Wildman–Crippen LogP) is 4.57. The van der Waals surface area contributed by atoms with Crippen LogP contribution in [0.1, 0.15) is 81.9 Å². The van der Waals surface area contributed by atoms with E-state index in [9.17, 15) is 34.5 Å². The quantitative estimate of drug-likeness (QED) is 0.119. The van der Waals surface area contributed by atoms with Gasteiger partial charge in [0.2, 0.25) is 0 Å². The van der Waals surface area contributed by atoms with Crippen LogP contribution in [0.5, 0.6) is 0 Å². The van der Waals surface area contributed by atoms with E-state index in [1.54, 1.807) is 69.3 Å². The molecule has 0 aromatic heterocycles. The van der Waals surface area contributed by atoms with Gasteiger partial charge in [-0.3, -0.25) is 14.4 Å². The smallest absolute Gasteiger partial charge is 0.338 e. The Kier molecular flexibility index (Phi) is 11.9. The van der Waals surface area contributed by atoms with Crippen molar-refractivity contribution in [2.75, 3.05) is 6.61 Å². The molecule has 0 unspecified atom stereocenters. The molecule has 3 aliphatic carbocycles. The second kappa shape index (κ2) is 16.6. The van der Waals surface area contributed by atoms with Crippen molar-refractivity contribution in [3.8, 4) is 0 Å². The van der Waals surface area contributed by atoms with Gasteiger partial charge in [-0.25, -0.2) is 9.59 Å². The first-order valence-electron chi connectivity index (χ1n) is 20.6. The number of ether oxygens (including phenoxy) is 5. The molecule has 4 N–H and O–H groups in total. The summed E-state index contributed by atoms with van der Waals surface area (Å²) in [5, 5.41) is 40.8. The monoisotopic (exact) mass is 851 g/mol. The van der Waals surface area contributed by atoms with Crippen molar-refractivity contribution < 1.29 is 63.0 Å². The molecule has 0 amide bonds. The molecule has 62 heavy (non-hydrogen) atoms. The van der Waals surface area contributed by atoms with E-state index in [1.807, 2.05) is 30.3 Å². The predicted molar refractivity (Wildman–Crippen MR) is 222 cm³/mol. The van der Waals surface area contributed by atoms with Crippen molar-refractivity contribution in [1.82, 2.24) is 5.32 Å². The van der Waals surface area contributed by atoms with Gasteiger partial charge in [-0.15, -0.1) is 0 Å². The highest BCUT2D eigenvalue weighted by molar-refractivity contribution is 5.95. The van der Waals surface area contributed by atoms with Gasteiger partial charge in [0.05, 0.1) is 35.6 Å². The van der Waals surface area contributed by atoms with E-state index in [2.05, 4.69) is 11.9 Å². The molecule has 7 rings (SSSR count). The Morgan fingerprint density at radius 1 is 0.855 bits per heavy atom. The molecule has 0 spiro atoms. The van der Waals surface area contributed by atoms with Crippen molar-refractivity contribution in [3.05, 3.63) is 125 Å². The SMILES string of the molecule is C=C(N[C@@H](c1ccccc1)[C@@H](O)C(=O)O[C@H]1C[C@@]2(O)[C@@H](OC(=O)c3ccccc3)[C@@H]3[C@]4(OC(C)=O)CO[C@@H]4C[C@H](O)[C@@]3(C)C(=O)[C@H](OC(C)=O)C(=C1C)C2(C)C)c1ccccc1. The normalized spacial score (nSPS) is 31.9. The lowest BCUT2D eigenvalue weighted by molar-refractivity contribution is -0.346. The fourth-order valence-corrected chi connectivity index (χ4v) is 10.3. The summed E-state index contributed by atoms with van der Waals surface area (Å²) >= 11 is 0. The topological polar surface area (TPSA) is 204 Å². The lowest BCUT2D eigenvalue weighted by Gasteiger charge is -2.67. The molecule has 1 heterocycles. The zero-order valence-electron chi connectivity index (χ0n) is 35.5. The van der Waals surface area contributed by atoms with Gasteiger partial charge >= 0.3 is 23.9 Å². The Morgan fingerprint density at radius 2 is 1.44 bits per heavy atom. The molecule has 0 radical (unpaired) electrons. The Bertz CT molecular complexity index is 2280. The minimum Gasteiger partial charge on any atom is -0.456 e. The van der Waals surface area contributed by atoms with E-state index in [4.69, 9.17) is 23.7 Å². The molecular weight excluding hydrogens is 799 g/mol. The van der Waals surface area contributed by atoms with Crippen molar-refractivity contribution >= 4 is 35.4 Å². The van der Waals surface area contributed by atoms with Gasteiger partial charge in [0.25, 0.3) is 0 Å². The second-order valence-corrected chi connectivity index (χ2v) is 17.5. The highest BCUT2D eigenvalue weighted by atomic mass is 16.6. The highest BCUT2D eigenvalue weighted by Crippen LogP contribution is 2.64. The summed E-state index contributed by atoms with van der Waals surface area (Å²) in [4.78, 5) is 70.2. The van der Waals surface area contributed by atoms with E-state index in [0.29, 0.717) is 16.8 Å². The van der Waals surface area contributed by atoms with Gasteiger partial charge in [-0.1, -0.05) is 99.3 Å². The Hall–Kier alpha value is -5.67. The van der Waals surface area contributed by atoms with E-state index in [0.717, 1.165) is 6.92 Å². The Labute approximate surface area is 359 Å². The standard InChI is InChI=1S/C48H53NO13/c1-26-33(60-44(56)38(53)37(31-19-13-9-14-20-31)49-27(2)30-17-11-8-12-18-30)24-48(57)42(61-43(55)32-21-15-10-16-22-32)40-46(7,34(52)23-35-47(40,25-58-35)62-29(4)51)41(54)39(59-28(3)50)36(26)45(48,5)6/h8-22,33-35,37-40,42,49,52-53,57H,2,23-25H2,1,3-7H3/t33-,34-,35+,37-,38+,39+,40-,42-,46+,47-,48+/m0/s1. The van der Waals surface area contributed by atoms with Crippen LogP contribution in [-0.2, 0) is 42.9 Å². The molecule has 328 valence electrons. The fraction of sp³-hybridized carbons (Fsp3) is 0.438. The van der Waals surface area contributed by atoms with Crippen LogP contribution in [0.4, 0.5) is 0 Å². The van der Waals surface area contributed by atoms with Crippen LogP contribution in [0.3, 0.4) is 0 Å². The van der Waals surface area contributed by atoms with E-state index >= 15 is 4.79 Å². The van der Waals surface area contributed by atoms with Crippen LogP contribution in [-0.4, -0.2) is 99.4 Å². The van der Waals surface area contributed by atoms with Crippen LogP contribution in [0.2, 0.25) is 0 Å². The number of aliphatic hydroxyl groups excluding tert-OH is 2. The van der Waals surface area contributed by atoms with Gasteiger partial charge in [-0.05, 0) is 48.3 Å². The third-order valence-corrected chi connectivity index (χ3v) is 13.6. The number of hydrogen-bond donors (Lipinski definition) is 4. The molecule has 2 bridgehead atoms. The van der Waals surface area contributed by atoms with Crippen LogP contribution < -0.4 is 5.32 Å². The number of Topliss-reactive ketones (excluding diaryl/α,β-unsaturated/α-hetero) is 1.